The zero-order valence-corrected chi connectivity index (χ0v) is 11.5. The molecular weight excluding hydrogens is 268 g/mol. The molecule has 1 saturated carbocycles. The Labute approximate surface area is 122 Å². The van der Waals surface area contributed by atoms with Crippen molar-refractivity contribution in [2.24, 2.45) is 11.8 Å². The second-order valence-electron chi connectivity index (χ2n) is 6.50. The number of Topliss-reactive ketones (excluding diaryl/α,β-unsaturated/α-hetero) is 1. The fourth-order valence-electron chi connectivity index (χ4n) is 4.65. The van der Waals surface area contributed by atoms with E-state index in [1.165, 1.54) is 11.1 Å². The average molecular weight is 284 g/mol. The third-order valence-corrected chi connectivity index (χ3v) is 5.52. The van der Waals surface area contributed by atoms with Gasteiger partial charge < -0.3 is 14.6 Å². The van der Waals surface area contributed by atoms with E-state index < -0.39 is 6.10 Å². The molecule has 0 saturated heterocycles. The molecule has 1 unspecified atom stereocenters. The van der Waals surface area contributed by atoms with E-state index in [4.69, 9.17) is 9.47 Å². The summed E-state index contributed by atoms with van der Waals surface area (Å²) in [5, 5.41) is 10.1. The third kappa shape index (κ3) is 1.46. The Kier molecular flexibility index (Phi) is 2.19. The van der Waals surface area contributed by atoms with Crippen LogP contribution in [0.2, 0.25) is 0 Å². The zero-order chi connectivity index (χ0) is 14.1. The Morgan fingerprint density at radius 2 is 2.00 bits per heavy atom. The molecule has 4 nitrogen and oxygen atoms in total. The SMILES string of the molecule is O=C1[C@@H](O)C=C2CCC3Cc4cc5c(cc4[C@H]1[C@@H]23)OCO5. The van der Waals surface area contributed by atoms with Crippen molar-refractivity contribution >= 4 is 5.78 Å². The van der Waals surface area contributed by atoms with Crippen molar-refractivity contribution in [3.05, 3.63) is 34.9 Å². The number of carbonyl (C=O) groups excluding carboxylic acids is 1. The fourth-order valence-corrected chi connectivity index (χ4v) is 4.65. The zero-order valence-electron chi connectivity index (χ0n) is 11.5. The summed E-state index contributed by atoms with van der Waals surface area (Å²) in [6.45, 7) is 0.247. The van der Waals surface area contributed by atoms with Crippen LogP contribution in [0.1, 0.15) is 29.9 Å². The van der Waals surface area contributed by atoms with Crippen molar-refractivity contribution in [3.8, 4) is 11.5 Å². The number of benzene rings is 1. The number of rotatable bonds is 0. The van der Waals surface area contributed by atoms with Crippen LogP contribution in [-0.4, -0.2) is 23.8 Å². The van der Waals surface area contributed by atoms with Gasteiger partial charge in [-0.3, -0.25) is 4.79 Å². The van der Waals surface area contributed by atoms with Gasteiger partial charge in [-0.25, -0.2) is 0 Å². The molecule has 4 heteroatoms. The number of hydrogen-bond acceptors (Lipinski definition) is 4. The molecule has 1 N–H and O–H groups in total. The first kappa shape index (κ1) is 11.8. The molecule has 1 aliphatic heterocycles. The fraction of sp³-hybridized carbons (Fsp3) is 0.471. The first-order chi connectivity index (χ1) is 10.2. The molecule has 1 aromatic rings. The van der Waals surface area contributed by atoms with E-state index in [-0.39, 0.29) is 24.4 Å². The normalized spacial score (nSPS) is 35.3. The van der Waals surface area contributed by atoms with Crippen molar-refractivity contribution in [1.82, 2.24) is 0 Å². The number of ether oxygens (including phenoxy) is 2. The molecule has 21 heavy (non-hydrogen) atoms. The highest BCUT2D eigenvalue weighted by atomic mass is 16.7. The molecular formula is C17H16O4. The second kappa shape index (κ2) is 3.89. The molecule has 0 spiro atoms. The molecule has 0 amide bonds. The maximum Gasteiger partial charge on any atom is 0.231 e. The minimum atomic E-state index is -0.948. The van der Waals surface area contributed by atoms with Crippen LogP contribution in [0, 0.1) is 11.8 Å². The van der Waals surface area contributed by atoms with E-state index in [1.54, 1.807) is 6.08 Å². The number of aliphatic hydroxyl groups is 1. The molecule has 108 valence electrons. The molecule has 0 aromatic heterocycles. The summed E-state index contributed by atoms with van der Waals surface area (Å²) in [7, 11) is 0. The smallest absolute Gasteiger partial charge is 0.231 e. The van der Waals surface area contributed by atoms with E-state index in [1.807, 2.05) is 12.1 Å². The van der Waals surface area contributed by atoms with Crippen LogP contribution in [0.4, 0.5) is 0 Å². The standard InChI is InChI=1S/C17H16O4/c18-12-4-9-2-1-8-3-10-5-13-14(21-7-20-13)6-11(10)16(15(8)9)17(12)19/h4-6,8,12,15-16,18H,1-3,7H2/t8?,12-,15+,16-/m0/s1. The quantitative estimate of drug-likeness (QED) is 0.740. The first-order valence-electron chi connectivity index (χ1n) is 7.57. The summed E-state index contributed by atoms with van der Waals surface area (Å²) in [4.78, 5) is 12.6. The van der Waals surface area contributed by atoms with Gasteiger partial charge in [0.2, 0.25) is 6.79 Å². The highest BCUT2D eigenvalue weighted by Gasteiger charge is 2.49. The van der Waals surface area contributed by atoms with Gasteiger partial charge in [-0.05, 0) is 60.4 Å². The molecule has 0 radical (unpaired) electrons. The number of carbonyl (C=O) groups is 1. The van der Waals surface area contributed by atoms with Gasteiger partial charge in [-0.15, -0.1) is 0 Å². The predicted molar refractivity (Wildman–Crippen MR) is 74.3 cm³/mol. The number of allylic oxidation sites excluding steroid dienone is 1. The Morgan fingerprint density at radius 3 is 2.86 bits per heavy atom. The maximum absolute atomic E-state index is 12.6. The van der Waals surface area contributed by atoms with Crippen molar-refractivity contribution in [2.75, 3.05) is 6.79 Å². The molecule has 4 aliphatic rings. The summed E-state index contributed by atoms with van der Waals surface area (Å²) in [5.74, 6) is 2.05. The van der Waals surface area contributed by atoms with Gasteiger partial charge >= 0.3 is 0 Å². The topological polar surface area (TPSA) is 55.8 Å². The van der Waals surface area contributed by atoms with E-state index in [0.29, 0.717) is 5.92 Å². The lowest BCUT2D eigenvalue weighted by atomic mass is 9.64. The summed E-state index contributed by atoms with van der Waals surface area (Å²) < 4.78 is 10.9. The first-order valence-corrected chi connectivity index (χ1v) is 7.57. The van der Waals surface area contributed by atoms with Crippen LogP contribution in [-0.2, 0) is 11.2 Å². The number of fused-ring (bicyclic) bond motifs is 3. The highest BCUT2D eigenvalue weighted by molar-refractivity contribution is 5.94. The lowest BCUT2D eigenvalue weighted by Gasteiger charge is -2.39. The Balaban J connectivity index is 1.72. The molecule has 1 fully saturated rings. The van der Waals surface area contributed by atoms with Crippen LogP contribution in [0.15, 0.2) is 23.8 Å². The molecule has 3 aliphatic carbocycles. The van der Waals surface area contributed by atoms with Gasteiger partial charge in [0, 0.05) is 0 Å². The summed E-state index contributed by atoms with van der Waals surface area (Å²) in [6, 6.07) is 3.99. The molecule has 1 heterocycles. The lowest BCUT2D eigenvalue weighted by molar-refractivity contribution is -0.128. The lowest BCUT2D eigenvalue weighted by Crippen LogP contribution is -2.40. The monoisotopic (exact) mass is 284 g/mol. The number of aliphatic hydroxyl groups excluding tert-OH is 1. The summed E-state index contributed by atoms with van der Waals surface area (Å²) in [6.07, 6.45) is 3.96. The Morgan fingerprint density at radius 1 is 1.19 bits per heavy atom. The van der Waals surface area contributed by atoms with Crippen LogP contribution < -0.4 is 9.47 Å². The van der Waals surface area contributed by atoms with Gasteiger partial charge in [0.15, 0.2) is 17.3 Å². The van der Waals surface area contributed by atoms with E-state index in [0.717, 1.165) is 36.3 Å². The number of hydrogen-bond donors (Lipinski definition) is 1. The second-order valence-corrected chi connectivity index (χ2v) is 6.50. The third-order valence-electron chi connectivity index (χ3n) is 5.52. The maximum atomic E-state index is 12.6. The minimum Gasteiger partial charge on any atom is -0.454 e. The minimum absolute atomic E-state index is 0.0598. The average Bonchev–Trinajstić information content (AvgIpc) is 3.08. The van der Waals surface area contributed by atoms with Gasteiger partial charge in [0.25, 0.3) is 0 Å². The van der Waals surface area contributed by atoms with E-state index in [2.05, 4.69) is 0 Å². The van der Waals surface area contributed by atoms with Crippen LogP contribution in [0.25, 0.3) is 0 Å². The highest BCUT2D eigenvalue weighted by Crippen LogP contribution is 2.55. The molecule has 0 bridgehead atoms. The van der Waals surface area contributed by atoms with Crippen molar-refractivity contribution in [1.29, 1.82) is 0 Å². The van der Waals surface area contributed by atoms with Crippen LogP contribution >= 0.6 is 0 Å². The Bertz CT molecular complexity index is 690. The largest absolute Gasteiger partial charge is 0.454 e. The van der Waals surface area contributed by atoms with Gasteiger partial charge in [-0.1, -0.05) is 5.57 Å². The number of ketones is 1. The molecule has 5 rings (SSSR count). The van der Waals surface area contributed by atoms with Crippen LogP contribution in [0.5, 0.6) is 11.5 Å². The van der Waals surface area contributed by atoms with Crippen LogP contribution in [0.3, 0.4) is 0 Å². The van der Waals surface area contributed by atoms with Crippen molar-refractivity contribution in [3.63, 3.8) is 0 Å². The van der Waals surface area contributed by atoms with Gasteiger partial charge in [0.1, 0.15) is 6.10 Å². The molecule has 4 atom stereocenters. The van der Waals surface area contributed by atoms with Gasteiger partial charge in [0.05, 0.1) is 5.92 Å². The summed E-state index contributed by atoms with van der Waals surface area (Å²) >= 11 is 0. The summed E-state index contributed by atoms with van der Waals surface area (Å²) in [5.41, 5.74) is 3.51. The van der Waals surface area contributed by atoms with Crippen molar-refractivity contribution in [2.45, 2.75) is 31.3 Å². The van der Waals surface area contributed by atoms with E-state index in [9.17, 15) is 9.90 Å². The van der Waals surface area contributed by atoms with Crippen molar-refractivity contribution < 1.29 is 19.4 Å². The Hall–Kier alpha value is -1.81. The predicted octanol–water partition coefficient (Wildman–Crippen LogP) is 1.95. The molecule has 1 aromatic carbocycles. The van der Waals surface area contributed by atoms with Gasteiger partial charge in [-0.2, -0.15) is 0 Å². The van der Waals surface area contributed by atoms with E-state index >= 15 is 0 Å².